The molecule has 1 heterocycles. The van der Waals surface area contributed by atoms with Crippen molar-refractivity contribution in [3.05, 3.63) is 59.2 Å². The number of fused-ring (bicyclic) bond motifs is 1. The number of nitrogens with zero attached hydrogens (tertiary/aromatic N) is 1. The number of carbonyl (C=O) groups is 1. The Morgan fingerprint density at radius 1 is 1.07 bits per heavy atom. The first kappa shape index (κ1) is 20.2. The van der Waals surface area contributed by atoms with Gasteiger partial charge in [-0.25, -0.2) is 4.98 Å². The number of pyridine rings is 1. The Hall–Kier alpha value is -2.53. The fourth-order valence-electron chi connectivity index (χ4n) is 3.16. The van der Waals surface area contributed by atoms with Crippen LogP contribution in [0.4, 0.5) is 5.69 Å². The SMILES string of the molecule is CCOc1ccc(NC(=O)CCSc2cc(C)c3cc(C)cc(C)c3n2)cc1. The van der Waals surface area contributed by atoms with Gasteiger partial charge in [-0.15, -0.1) is 11.8 Å². The van der Waals surface area contributed by atoms with Crippen molar-refractivity contribution < 1.29 is 9.53 Å². The fraction of sp³-hybridized carbons (Fsp3) is 0.304. The summed E-state index contributed by atoms with van der Waals surface area (Å²) >= 11 is 1.62. The second-order valence-corrected chi connectivity index (χ2v) is 7.97. The molecule has 146 valence electrons. The molecule has 0 aliphatic heterocycles. The van der Waals surface area contributed by atoms with Crippen molar-refractivity contribution in [3.63, 3.8) is 0 Å². The van der Waals surface area contributed by atoms with Gasteiger partial charge in [-0.05, 0) is 75.2 Å². The van der Waals surface area contributed by atoms with Crippen LogP contribution in [0, 0.1) is 20.8 Å². The summed E-state index contributed by atoms with van der Waals surface area (Å²) in [6.45, 7) is 8.90. The first-order valence-corrected chi connectivity index (χ1v) is 10.5. The lowest BCUT2D eigenvalue weighted by molar-refractivity contribution is -0.115. The van der Waals surface area contributed by atoms with Crippen molar-refractivity contribution in [1.82, 2.24) is 4.98 Å². The summed E-state index contributed by atoms with van der Waals surface area (Å²) in [7, 11) is 0. The van der Waals surface area contributed by atoms with Crippen LogP contribution in [0.15, 0.2) is 47.5 Å². The molecule has 3 rings (SSSR count). The normalized spacial score (nSPS) is 10.9. The van der Waals surface area contributed by atoms with Crippen molar-refractivity contribution in [2.75, 3.05) is 17.7 Å². The van der Waals surface area contributed by atoms with Crippen molar-refractivity contribution in [3.8, 4) is 5.75 Å². The average Bonchev–Trinajstić information content (AvgIpc) is 2.64. The number of amides is 1. The summed E-state index contributed by atoms with van der Waals surface area (Å²) in [4.78, 5) is 17.0. The van der Waals surface area contributed by atoms with Gasteiger partial charge in [0.15, 0.2) is 0 Å². The van der Waals surface area contributed by atoms with Crippen LogP contribution in [0.2, 0.25) is 0 Å². The van der Waals surface area contributed by atoms with E-state index in [2.05, 4.69) is 44.3 Å². The largest absolute Gasteiger partial charge is 0.494 e. The summed E-state index contributed by atoms with van der Waals surface area (Å²) < 4.78 is 5.41. The highest BCUT2D eigenvalue weighted by Gasteiger charge is 2.08. The molecular weight excluding hydrogens is 368 g/mol. The predicted octanol–water partition coefficient (Wildman–Crippen LogP) is 5.68. The molecule has 1 N–H and O–H groups in total. The lowest BCUT2D eigenvalue weighted by Gasteiger charge is -2.10. The Morgan fingerprint density at radius 3 is 2.54 bits per heavy atom. The molecule has 0 bridgehead atoms. The standard InChI is InChI=1S/C23H26N2O2S/c1-5-27-19-8-6-18(7-9-19)24-21(26)10-11-28-22-14-16(3)20-13-15(2)12-17(4)23(20)25-22/h6-9,12-14H,5,10-11H2,1-4H3,(H,24,26). The zero-order valence-electron chi connectivity index (χ0n) is 16.8. The van der Waals surface area contributed by atoms with Crippen LogP contribution in [-0.4, -0.2) is 23.3 Å². The number of aryl methyl sites for hydroxylation is 3. The molecular formula is C23H26N2O2S. The summed E-state index contributed by atoms with van der Waals surface area (Å²) in [5.41, 5.74) is 5.49. The van der Waals surface area contributed by atoms with Crippen LogP contribution in [0.3, 0.4) is 0 Å². The van der Waals surface area contributed by atoms with E-state index in [-0.39, 0.29) is 5.91 Å². The zero-order valence-corrected chi connectivity index (χ0v) is 17.7. The topological polar surface area (TPSA) is 51.2 Å². The minimum Gasteiger partial charge on any atom is -0.494 e. The maximum absolute atomic E-state index is 12.2. The van der Waals surface area contributed by atoms with E-state index >= 15 is 0 Å². The molecule has 28 heavy (non-hydrogen) atoms. The number of carbonyl (C=O) groups excluding carboxylic acids is 1. The van der Waals surface area contributed by atoms with Crippen LogP contribution in [-0.2, 0) is 4.79 Å². The molecule has 0 saturated carbocycles. The first-order valence-electron chi connectivity index (χ1n) is 9.50. The van der Waals surface area contributed by atoms with E-state index in [9.17, 15) is 4.79 Å². The molecule has 4 nitrogen and oxygen atoms in total. The number of hydrogen-bond donors (Lipinski definition) is 1. The third kappa shape index (κ3) is 5.04. The van der Waals surface area contributed by atoms with Gasteiger partial charge in [0.25, 0.3) is 0 Å². The van der Waals surface area contributed by atoms with Crippen LogP contribution in [0.25, 0.3) is 10.9 Å². The number of benzene rings is 2. The molecule has 0 radical (unpaired) electrons. The van der Waals surface area contributed by atoms with Gasteiger partial charge in [-0.2, -0.15) is 0 Å². The predicted molar refractivity (Wildman–Crippen MR) is 118 cm³/mol. The van der Waals surface area contributed by atoms with Crippen LogP contribution in [0.5, 0.6) is 5.75 Å². The minimum absolute atomic E-state index is 0.000904. The highest BCUT2D eigenvalue weighted by Crippen LogP contribution is 2.27. The van der Waals surface area contributed by atoms with Gasteiger partial charge in [0.2, 0.25) is 5.91 Å². The zero-order chi connectivity index (χ0) is 20.1. The van der Waals surface area contributed by atoms with E-state index in [1.165, 1.54) is 22.1 Å². The average molecular weight is 395 g/mol. The monoisotopic (exact) mass is 394 g/mol. The van der Waals surface area contributed by atoms with Gasteiger partial charge in [-0.1, -0.05) is 11.6 Å². The highest BCUT2D eigenvalue weighted by molar-refractivity contribution is 7.99. The number of aromatic nitrogens is 1. The molecule has 1 aromatic heterocycles. The number of thioether (sulfide) groups is 1. The van der Waals surface area contributed by atoms with Crippen molar-refractivity contribution in [2.45, 2.75) is 39.1 Å². The lowest BCUT2D eigenvalue weighted by atomic mass is 10.0. The Bertz CT molecular complexity index is 984. The number of nitrogens with one attached hydrogen (secondary N) is 1. The van der Waals surface area contributed by atoms with Crippen LogP contribution >= 0.6 is 11.8 Å². The first-order chi connectivity index (χ1) is 13.5. The Labute approximate surface area is 170 Å². The number of ether oxygens (including phenoxy) is 1. The van der Waals surface area contributed by atoms with Gasteiger partial charge < -0.3 is 10.1 Å². The van der Waals surface area contributed by atoms with E-state index in [0.29, 0.717) is 18.8 Å². The van der Waals surface area contributed by atoms with E-state index in [0.717, 1.165) is 22.0 Å². The van der Waals surface area contributed by atoms with Crippen molar-refractivity contribution in [2.24, 2.45) is 0 Å². The minimum atomic E-state index is 0.000904. The summed E-state index contributed by atoms with van der Waals surface area (Å²) in [6.07, 6.45) is 0.434. The molecule has 0 unspecified atom stereocenters. The molecule has 3 aromatic rings. The maximum atomic E-state index is 12.2. The fourth-order valence-corrected chi connectivity index (χ4v) is 4.07. The summed E-state index contributed by atoms with van der Waals surface area (Å²) in [5.74, 6) is 1.49. The molecule has 0 atom stereocenters. The van der Waals surface area contributed by atoms with Gasteiger partial charge >= 0.3 is 0 Å². The highest BCUT2D eigenvalue weighted by atomic mass is 32.2. The Morgan fingerprint density at radius 2 is 1.82 bits per heavy atom. The Kier molecular flexibility index (Phi) is 6.57. The quantitative estimate of drug-likeness (QED) is 0.524. The van der Waals surface area contributed by atoms with Crippen molar-refractivity contribution >= 4 is 34.3 Å². The van der Waals surface area contributed by atoms with Gasteiger partial charge in [0.1, 0.15) is 5.75 Å². The van der Waals surface area contributed by atoms with E-state index in [1.54, 1.807) is 11.8 Å². The molecule has 0 aliphatic carbocycles. The third-order valence-corrected chi connectivity index (χ3v) is 5.37. The second kappa shape index (κ2) is 9.11. The molecule has 0 fully saturated rings. The maximum Gasteiger partial charge on any atom is 0.225 e. The van der Waals surface area contributed by atoms with Crippen molar-refractivity contribution in [1.29, 1.82) is 0 Å². The number of rotatable bonds is 7. The van der Waals surface area contributed by atoms with E-state index in [1.807, 2.05) is 31.2 Å². The lowest BCUT2D eigenvalue weighted by Crippen LogP contribution is -2.12. The number of anilines is 1. The van der Waals surface area contributed by atoms with Crippen LogP contribution < -0.4 is 10.1 Å². The smallest absolute Gasteiger partial charge is 0.225 e. The van der Waals surface area contributed by atoms with Gasteiger partial charge in [0, 0.05) is 23.2 Å². The molecule has 0 saturated heterocycles. The molecule has 0 aliphatic rings. The molecule has 2 aromatic carbocycles. The molecule has 0 spiro atoms. The van der Waals surface area contributed by atoms with Crippen LogP contribution in [0.1, 0.15) is 30.0 Å². The molecule has 5 heteroatoms. The Balaban J connectivity index is 1.57. The summed E-state index contributed by atoms with van der Waals surface area (Å²) in [5, 5.41) is 5.09. The summed E-state index contributed by atoms with van der Waals surface area (Å²) in [6, 6.07) is 13.9. The van der Waals surface area contributed by atoms with E-state index in [4.69, 9.17) is 9.72 Å². The van der Waals surface area contributed by atoms with E-state index < -0.39 is 0 Å². The van der Waals surface area contributed by atoms with Gasteiger partial charge in [-0.3, -0.25) is 4.79 Å². The number of hydrogen-bond acceptors (Lipinski definition) is 4. The second-order valence-electron chi connectivity index (χ2n) is 6.86. The third-order valence-electron chi connectivity index (χ3n) is 4.46. The van der Waals surface area contributed by atoms with Gasteiger partial charge in [0.05, 0.1) is 17.1 Å². The molecule has 1 amide bonds.